The van der Waals surface area contributed by atoms with Gasteiger partial charge >= 0.3 is 5.97 Å². The van der Waals surface area contributed by atoms with E-state index >= 15 is 0 Å². The Balaban J connectivity index is 1.66. The molecule has 1 aliphatic rings. The van der Waals surface area contributed by atoms with E-state index in [2.05, 4.69) is 51.3 Å². The molecule has 5 rings (SSSR count). The topological polar surface area (TPSA) is 103 Å². The molecule has 1 aromatic heterocycles. The van der Waals surface area contributed by atoms with Crippen molar-refractivity contribution < 1.29 is 19.0 Å². The first-order valence-corrected chi connectivity index (χ1v) is 17.1. The highest BCUT2D eigenvalue weighted by atomic mass is 127. The molecule has 0 unspecified atom stereocenters. The number of nitrogens with zero attached hydrogens (tertiary/aromatic N) is 3. The maximum atomic E-state index is 14.3. The molecule has 1 aliphatic heterocycles. The lowest BCUT2D eigenvalue weighted by Crippen LogP contribution is -2.40. The maximum Gasteiger partial charge on any atom is 0.338 e. The van der Waals surface area contributed by atoms with Crippen LogP contribution >= 0.6 is 56.5 Å². The zero-order valence-corrected chi connectivity index (χ0v) is 30.1. The van der Waals surface area contributed by atoms with Gasteiger partial charge in [0, 0.05) is 14.7 Å². The minimum absolute atomic E-state index is 0.121. The number of allylic oxidation sites excluding steroid dienone is 1. The second-order valence-electron chi connectivity index (χ2n) is 10.4. The quantitative estimate of drug-likeness (QED) is 0.146. The Labute approximate surface area is 292 Å². The Morgan fingerprint density at radius 3 is 2.58 bits per heavy atom. The van der Waals surface area contributed by atoms with Crippen molar-refractivity contribution in [1.29, 1.82) is 5.26 Å². The van der Waals surface area contributed by atoms with Crippen LogP contribution in [-0.4, -0.2) is 23.2 Å². The summed E-state index contributed by atoms with van der Waals surface area (Å²) in [6.45, 7) is 7.85. The van der Waals surface area contributed by atoms with Crippen LogP contribution < -0.4 is 24.4 Å². The van der Waals surface area contributed by atoms with Gasteiger partial charge in [0.25, 0.3) is 5.56 Å². The largest absolute Gasteiger partial charge is 0.491 e. The second kappa shape index (κ2) is 14.3. The Bertz CT molecular complexity index is 2020. The van der Waals surface area contributed by atoms with Gasteiger partial charge in [0.2, 0.25) is 0 Å². The van der Waals surface area contributed by atoms with E-state index in [4.69, 9.17) is 24.5 Å². The summed E-state index contributed by atoms with van der Waals surface area (Å²) in [5, 5.41) is 9.12. The van der Waals surface area contributed by atoms with Gasteiger partial charge in [-0.15, -0.1) is 0 Å². The fourth-order valence-corrected chi connectivity index (χ4v) is 8.05. The van der Waals surface area contributed by atoms with Gasteiger partial charge in [0.05, 0.1) is 43.7 Å². The first-order valence-electron chi connectivity index (χ1n) is 14.2. The average Bonchev–Trinajstić information content (AvgIpc) is 3.30. The number of carbonyl (C=O) groups is 1. The number of benzene rings is 3. The zero-order valence-electron chi connectivity index (χ0n) is 25.0. The van der Waals surface area contributed by atoms with E-state index in [0.29, 0.717) is 49.8 Å². The van der Waals surface area contributed by atoms with Gasteiger partial charge in [-0.2, -0.15) is 5.26 Å². The van der Waals surface area contributed by atoms with Crippen LogP contribution in [0, 0.1) is 18.5 Å². The summed E-state index contributed by atoms with van der Waals surface area (Å²) in [6, 6.07) is 20.0. The Morgan fingerprint density at radius 1 is 1.16 bits per heavy atom. The molecule has 0 bridgehead atoms. The number of carbonyl (C=O) groups excluding carboxylic acids is 1. The number of esters is 1. The lowest BCUT2D eigenvalue weighted by molar-refractivity contribution is -0.139. The van der Waals surface area contributed by atoms with E-state index < -0.39 is 12.0 Å². The average molecular weight is 845 g/mol. The lowest BCUT2D eigenvalue weighted by Gasteiger charge is -2.26. The van der Waals surface area contributed by atoms with Crippen LogP contribution in [0.15, 0.2) is 81.7 Å². The van der Waals surface area contributed by atoms with E-state index in [9.17, 15) is 9.59 Å². The van der Waals surface area contributed by atoms with E-state index in [0.717, 1.165) is 18.3 Å². The molecule has 2 heterocycles. The molecule has 0 N–H and O–H groups in total. The summed E-state index contributed by atoms with van der Waals surface area (Å²) in [4.78, 5) is 32.8. The molecular formula is C34H29I2N3O5S. The van der Waals surface area contributed by atoms with Gasteiger partial charge in [-0.1, -0.05) is 41.7 Å². The molecule has 230 valence electrons. The summed E-state index contributed by atoms with van der Waals surface area (Å²) >= 11 is 5.74. The summed E-state index contributed by atoms with van der Waals surface area (Å²) in [5.41, 5.74) is 3.41. The SMILES string of the molecule is CCOC(=O)C1=C(C)N=c2s/c(=C\c3cc(I)cc(I)c3OCc3ccc(C#N)cc3)c(=O)n2[C@@H]1c1ccccc1OC(C)C. The van der Waals surface area contributed by atoms with Crippen molar-refractivity contribution >= 4 is 68.6 Å². The molecule has 11 heteroatoms. The number of ether oxygens (including phenoxy) is 3. The molecule has 0 spiro atoms. The van der Waals surface area contributed by atoms with Crippen molar-refractivity contribution in [3.05, 3.63) is 121 Å². The van der Waals surface area contributed by atoms with Crippen molar-refractivity contribution in [2.24, 2.45) is 4.99 Å². The first kappa shape index (κ1) is 32.9. The molecule has 0 amide bonds. The van der Waals surface area contributed by atoms with E-state index in [1.807, 2.05) is 68.5 Å². The highest BCUT2D eigenvalue weighted by molar-refractivity contribution is 14.1. The molecule has 3 aromatic carbocycles. The number of nitriles is 1. The van der Waals surface area contributed by atoms with Gasteiger partial charge < -0.3 is 14.2 Å². The fraction of sp³-hybridized carbons (Fsp3) is 0.235. The number of thiazole rings is 1. The monoisotopic (exact) mass is 845 g/mol. The molecule has 0 saturated carbocycles. The van der Waals surface area contributed by atoms with Crippen LogP contribution in [0.1, 0.15) is 56.0 Å². The van der Waals surface area contributed by atoms with Crippen molar-refractivity contribution in [2.75, 3.05) is 6.61 Å². The number of para-hydroxylation sites is 1. The minimum atomic E-state index is -0.791. The third-order valence-corrected chi connectivity index (χ3v) is 9.29. The number of rotatable bonds is 9. The maximum absolute atomic E-state index is 14.3. The Kier molecular flexibility index (Phi) is 10.5. The number of hydrogen-bond donors (Lipinski definition) is 0. The molecule has 0 aliphatic carbocycles. The van der Waals surface area contributed by atoms with Crippen molar-refractivity contribution in [3.8, 4) is 17.6 Å². The minimum Gasteiger partial charge on any atom is -0.491 e. The van der Waals surface area contributed by atoms with Crippen LogP contribution in [0.3, 0.4) is 0 Å². The van der Waals surface area contributed by atoms with Gasteiger partial charge in [-0.3, -0.25) is 9.36 Å². The normalized spacial score (nSPS) is 14.5. The standard InChI is InChI=1S/C34H29I2N3O5S/c1-5-42-33(41)29-20(4)38-34-39(30(29)25-8-6-7-9-27(25)44-19(2)3)32(40)28(45-34)15-23-14-24(35)16-26(36)31(23)43-18-22-12-10-21(17-37)11-13-22/h6-16,19,30H,5,18H2,1-4H3/b28-15-/t30-/m1/s1. The summed E-state index contributed by atoms with van der Waals surface area (Å²) in [6.07, 6.45) is 1.70. The van der Waals surface area contributed by atoms with Crippen molar-refractivity contribution in [1.82, 2.24) is 4.57 Å². The van der Waals surface area contributed by atoms with Gasteiger partial charge in [-0.05, 0) is 115 Å². The van der Waals surface area contributed by atoms with Crippen LogP contribution in [0.2, 0.25) is 0 Å². The van der Waals surface area contributed by atoms with E-state index in [1.54, 1.807) is 30.5 Å². The fourth-order valence-electron chi connectivity index (χ4n) is 4.97. The lowest BCUT2D eigenvalue weighted by atomic mass is 9.95. The molecule has 45 heavy (non-hydrogen) atoms. The van der Waals surface area contributed by atoms with Crippen molar-refractivity contribution in [3.63, 3.8) is 0 Å². The number of fused-ring (bicyclic) bond motifs is 1. The molecule has 0 saturated heterocycles. The summed E-state index contributed by atoms with van der Waals surface area (Å²) < 4.78 is 21.8. The predicted octanol–water partition coefficient (Wildman–Crippen LogP) is 6.25. The van der Waals surface area contributed by atoms with E-state index in [1.165, 1.54) is 11.3 Å². The molecule has 0 radical (unpaired) electrons. The summed E-state index contributed by atoms with van der Waals surface area (Å²) in [7, 11) is 0. The van der Waals surface area contributed by atoms with Gasteiger partial charge in [0.15, 0.2) is 4.80 Å². The Morgan fingerprint density at radius 2 is 1.89 bits per heavy atom. The van der Waals surface area contributed by atoms with Gasteiger partial charge in [0.1, 0.15) is 24.1 Å². The molecule has 4 aromatic rings. The third-order valence-electron chi connectivity index (χ3n) is 6.88. The first-order chi connectivity index (χ1) is 21.6. The molecule has 1 atom stereocenters. The van der Waals surface area contributed by atoms with E-state index in [-0.39, 0.29) is 18.3 Å². The van der Waals surface area contributed by atoms with Crippen LogP contribution in [0.25, 0.3) is 6.08 Å². The number of hydrogen-bond acceptors (Lipinski definition) is 8. The smallest absolute Gasteiger partial charge is 0.338 e. The van der Waals surface area contributed by atoms with Crippen molar-refractivity contribution in [2.45, 2.75) is 46.4 Å². The molecule has 0 fully saturated rings. The Hall–Kier alpha value is -3.48. The number of halogens is 2. The zero-order chi connectivity index (χ0) is 32.2. The predicted molar refractivity (Wildman–Crippen MR) is 190 cm³/mol. The second-order valence-corrected chi connectivity index (χ2v) is 13.8. The van der Waals surface area contributed by atoms with Crippen LogP contribution in [0.5, 0.6) is 11.5 Å². The third kappa shape index (κ3) is 7.18. The molecule has 8 nitrogen and oxygen atoms in total. The highest BCUT2D eigenvalue weighted by Crippen LogP contribution is 2.36. The van der Waals surface area contributed by atoms with Gasteiger partial charge in [-0.25, -0.2) is 9.79 Å². The highest BCUT2D eigenvalue weighted by Gasteiger charge is 2.35. The molecular weight excluding hydrogens is 816 g/mol. The summed E-state index contributed by atoms with van der Waals surface area (Å²) in [5.74, 6) is 0.694. The van der Waals surface area contributed by atoms with Crippen LogP contribution in [0.4, 0.5) is 0 Å². The number of aromatic nitrogens is 1. The van der Waals surface area contributed by atoms with Crippen LogP contribution in [-0.2, 0) is 16.1 Å².